The Morgan fingerprint density at radius 3 is 2.31 bits per heavy atom. The van der Waals surface area contributed by atoms with Crippen LogP contribution in [0.1, 0.15) is 66.7 Å². The number of amides is 2. The van der Waals surface area contributed by atoms with Gasteiger partial charge >= 0.3 is 5.97 Å². The van der Waals surface area contributed by atoms with Gasteiger partial charge in [-0.3, -0.25) is 9.59 Å². The minimum absolute atomic E-state index is 0.0392. The second kappa shape index (κ2) is 11.3. The predicted octanol–water partition coefficient (Wildman–Crippen LogP) is 6.06. The molecule has 0 radical (unpaired) electrons. The summed E-state index contributed by atoms with van der Waals surface area (Å²) in [5.74, 6) is -3.75. The Morgan fingerprint density at radius 2 is 1.71 bits per heavy atom. The van der Waals surface area contributed by atoms with Crippen molar-refractivity contribution in [1.29, 1.82) is 0 Å². The number of carbonyl (C=O) groups is 3. The van der Waals surface area contributed by atoms with Crippen molar-refractivity contribution in [3.05, 3.63) is 69.6 Å². The Hall–Kier alpha value is -3.53. The van der Waals surface area contributed by atoms with Crippen LogP contribution in [0.4, 0.5) is 13.2 Å². The number of hydrogen-bond donors (Lipinski definition) is 2. The first kappa shape index (κ1) is 28.6. The largest absolute Gasteiger partial charge is 0.461 e. The maximum atomic E-state index is 14.3. The van der Waals surface area contributed by atoms with Gasteiger partial charge in [-0.1, -0.05) is 17.7 Å². The first-order valence-electron chi connectivity index (χ1n) is 14.3. The molecule has 2 amide bonds. The highest BCUT2D eigenvalue weighted by atomic mass is 35.5. The van der Waals surface area contributed by atoms with E-state index in [1.807, 2.05) is 0 Å². The number of halogens is 4. The highest BCUT2D eigenvalue weighted by Gasteiger charge is 2.49. The molecule has 222 valence electrons. The van der Waals surface area contributed by atoms with Crippen LogP contribution in [0.25, 0.3) is 10.9 Å². The van der Waals surface area contributed by atoms with Crippen LogP contribution in [0, 0.1) is 41.1 Å². The van der Waals surface area contributed by atoms with E-state index >= 15 is 0 Å². The average molecular weight is 602 g/mol. The number of H-pyrrole nitrogens is 1. The van der Waals surface area contributed by atoms with Gasteiger partial charge in [0.25, 0.3) is 0 Å². The molecule has 2 aromatic carbocycles. The fraction of sp³-hybridized carbons (Fsp3) is 0.452. The van der Waals surface area contributed by atoms with Crippen LogP contribution in [-0.2, 0) is 20.9 Å². The van der Waals surface area contributed by atoms with E-state index in [4.69, 9.17) is 16.3 Å². The molecule has 0 aliphatic heterocycles. The van der Waals surface area contributed by atoms with Crippen LogP contribution in [0.2, 0.25) is 5.02 Å². The molecule has 4 aliphatic carbocycles. The van der Waals surface area contributed by atoms with Crippen molar-refractivity contribution in [1.82, 2.24) is 15.2 Å². The van der Waals surface area contributed by atoms with Gasteiger partial charge in [0.1, 0.15) is 11.7 Å². The summed E-state index contributed by atoms with van der Waals surface area (Å²) in [5.41, 5.74) is 0.517. The smallest absolute Gasteiger partial charge is 0.355 e. The van der Waals surface area contributed by atoms with Gasteiger partial charge in [-0.15, -0.1) is 0 Å². The second-order valence-corrected chi connectivity index (χ2v) is 12.3. The SMILES string of the molecule is CCOC(=O)c1[nH]c2cc(Cl)ccc2c1C(C(=O)NC1C2CC3CC(C2)CC1C3)N(C=O)Cc1cc(F)c(F)c(F)c1. The molecule has 1 heterocycles. The molecule has 1 aromatic heterocycles. The predicted molar refractivity (Wildman–Crippen MR) is 149 cm³/mol. The number of esters is 1. The Bertz CT molecular complexity index is 1510. The van der Waals surface area contributed by atoms with Crippen LogP contribution in [0.3, 0.4) is 0 Å². The quantitative estimate of drug-likeness (QED) is 0.177. The monoisotopic (exact) mass is 601 g/mol. The molecule has 7 rings (SSSR count). The molecule has 1 atom stereocenters. The zero-order valence-corrected chi connectivity index (χ0v) is 23.7. The van der Waals surface area contributed by atoms with Crippen LogP contribution in [0.5, 0.6) is 0 Å². The van der Waals surface area contributed by atoms with E-state index in [0.29, 0.717) is 46.0 Å². The van der Waals surface area contributed by atoms with Gasteiger partial charge in [-0.2, -0.15) is 0 Å². The van der Waals surface area contributed by atoms with Crippen molar-refractivity contribution >= 4 is 40.8 Å². The molecule has 4 saturated carbocycles. The van der Waals surface area contributed by atoms with Gasteiger partial charge in [0.05, 0.1) is 6.61 Å². The number of aromatic amines is 1. The first-order valence-corrected chi connectivity index (χ1v) is 14.7. The summed E-state index contributed by atoms with van der Waals surface area (Å²) >= 11 is 6.22. The van der Waals surface area contributed by atoms with E-state index in [0.717, 1.165) is 42.7 Å². The van der Waals surface area contributed by atoms with Crippen molar-refractivity contribution < 1.29 is 32.3 Å². The first-order chi connectivity index (χ1) is 20.2. The molecule has 42 heavy (non-hydrogen) atoms. The van der Waals surface area contributed by atoms with Gasteiger partial charge in [-0.25, -0.2) is 18.0 Å². The van der Waals surface area contributed by atoms with Crippen LogP contribution >= 0.6 is 11.6 Å². The molecule has 3 aromatic rings. The summed E-state index contributed by atoms with van der Waals surface area (Å²) in [4.78, 5) is 44.2. The zero-order chi connectivity index (χ0) is 29.7. The van der Waals surface area contributed by atoms with Crippen molar-refractivity contribution in [2.24, 2.45) is 23.7 Å². The molecular formula is C31H31ClF3N3O4. The minimum Gasteiger partial charge on any atom is -0.461 e. The van der Waals surface area contributed by atoms with Gasteiger partial charge in [-0.05, 0) is 92.5 Å². The second-order valence-electron chi connectivity index (χ2n) is 11.8. The lowest BCUT2D eigenvalue weighted by Gasteiger charge is -2.54. The standard InChI is InChI=1S/C31H31ClF3N3O4/c1-2-42-31(41)28-25(21-4-3-20(32)12-24(21)36-28)29(38(14-39)13-17-10-22(33)26(35)23(34)11-17)30(40)37-27-18-6-15-5-16(8-18)9-19(27)7-15/h3-4,10-12,14-16,18-19,27,29,36H,2,5-9,13H2,1H3,(H,37,40). The Balaban J connectivity index is 1.44. The molecule has 2 N–H and O–H groups in total. The lowest BCUT2D eigenvalue weighted by atomic mass is 9.54. The number of nitrogens with one attached hydrogen (secondary N) is 2. The fourth-order valence-electron chi connectivity index (χ4n) is 7.79. The third kappa shape index (κ3) is 5.14. The summed E-state index contributed by atoms with van der Waals surface area (Å²) < 4.78 is 47.2. The number of rotatable bonds is 9. The molecule has 7 nitrogen and oxygen atoms in total. The average Bonchev–Trinajstić information content (AvgIpc) is 3.31. The molecule has 0 spiro atoms. The number of ether oxygens (including phenoxy) is 1. The number of hydrogen-bond acceptors (Lipinski definition) is 4. The van der Waals surface area contributed by atoms with E-state index in [9.17, 15) is 27.6 Å². The maximum Gasteiger partial charge on any atom is 0.355 e. The highest BCUT2D eigenvalue weighted by Crippen LogP contribution is 2.54. The summed E-state index contributed by atoms with van der Waals surface area (Å²) in [5, 5.41) is 4.05. The van der Waals surface area contributed by atoms with Crippen molar-refractivity contribution in [3.63, 3.8) is 0 Å². The fourth-order valence-corrected chi connectivity index (χ4v) is 7.96. The van der Waals surface area contributed by atoms with Gasteiger partial charge in [0.15, 0.2) is 17.5 Å². The van der Waals surface area contributed by atoms with E-state index in [1.54, 1.807) is 25.1 Å². The molecule has 4 bridgehead atoms. The van der Waals surface area contributed by atoms with E-state index in [1.165, 1.54) is 6.42 Å². The van der Waals surface area contributed by atoms with Crippen LogP contribution < -0.4 is 5.32 Å². The molecule has 0 saturated heterocycles. The summed E-state index contributed by atoms with van der Waals surface area (Å²) in [6, 6.07) is 4.91. The molecule has 4 fully saturated rings. The van der Waals surface area contributed by atoms with Crippen molar-refractivity contribution in [2.75, 3.05) is 6.61 Å². The van der Waals surface area contributed by atoms with Crippen LogP contribution in [-0.4, -0.2) is 40.8 Å². The number of fused-ring (bicyclic) bond motifs is 1. The summed E-state index contributed by atoms with van der Waals surface area (Å²) in [7, 11) is 0. The number of aromatic nitrogens is 1. The number of benzene rings is 2. The Kier molecular flexibility index (Phi) is 7.68. The van der Waals surface area contributed by atoms with Gasteiger partial charge in [0.2, 0.25) is 12.3 Å². The molecule has 11 heteroatoms. The third-order valence-corrected chi connectivity index (χ3v) is 9.45. The number of nitrogens with zero attached hydrogens (tertiary/aromatic N) is 1. The van der Waals surface area contributed by atoms with E-state index in [-0.39, 0.29) is 29.5 Å². The summed E-state index contributed by atoms with van der Waals surface area (Å²) in [6.07, 6.45) is 5.77. The molecule has 4 aliphatic rings. The molecular weight excluding hydrogens is 571 g/mol. The Labute approximate surface area is 245 Å². The van der Waals surface area contributed by atoms with Gasteiger partial charge < -0.3 is 19.9 Å². The maximum absolute atomic E-state index is 14.3. The topological polar surface area (TPSA) is 91.5 Å². The summed E-state index contributed by atoms with van der Waals surface area (Å²) in [6.45, 7) is 1.27. The van der Waals surface area contributed by atoms with E-state index in [2.05, 4.69) is 10.3 Å². The Morgan fingerprint density at radius 1 is 1.07 bits per heavy atom. The van der Waals surface area contributed by atoms with Gasteiger partial charge in [0, 0.05) is 34.1 Å². The highest BCUT2D eigenvalue weighted by molar-refractivity contribution is 6.31. The molecule has 1 unspecified atom stereocenters. The lowest BCUT2D eigenvalue weighted by Crippen LogP contribution is -2.57. The number of carbonyl (C=O) groups excluding carboxylic acids is 3. The van der Waals surface area contributed by atoms with Crippen molar-refractivity contribution in [3.8, 4) is 0 Å². The third-order valence-electron chi connectivity index (χ3n) is 9.21. The van der Waals surface area contributed by atoms with E-state index < -0.39 is 41.9 Å². The minimum atomic E-state index is -1.63. The van der Waals surface area contributed by atoms with Crippen molar-refractivity contribution in [2.45, 2.75) is 57.7 Å². The normalized spacial score (nSPS) is 24.9. The van der Waals surface area contributed by atoms with Crippen LogP contribution in [0.15, 0.2) is 30.3 Å². The lowest BCUT2D eigenvalue weighted by molar-refractivity contribution is -0.136. The zero-order valence-electron chi connectivity index (χ0n) is 23.0.